The van der Waals surface area contributed by atoms with Crippen LogP contribution in [0.25, 0.3) is 11.8 Å². The molecular weight excluding hydrogens is 406 g/mol. The number of likely N-dealkylation sites (N-methyl/N-ethyl adjacent to an activating group) is 1. The van der Waals surface area contributed by atoms with E-state index in [4.69, 9.17) is 9.47 Å². The highest BCUT2D eigenvalue weighted by atomic mass is 16.5. The summed E-state index contributed by atoms with van der Waals surface area (Å²) < 4.78 is 12.1. The molecule has 0 radical (unpaired) electrons. The maximum Gasteiger partial charge on any atom is 0.331 e. The van der Waals surface area contributed by atoms with Crippen molar-refractivity contribution in [3.05, 3.63) is 83.2 Å². The van der Waals surface area contributed by atoms with Gasteiger partial charge in [0, 0.05) is 30.9 Å². The minimum absolute atomic E-state index is 0.285. The highest BCUT2D eigenvalue weighted by molar-refractivity contribution is 5.89. The molecule has 0 aliphatic rings. The number of aryl methyl sites for hydroxylation is 1. The first-order valence-electron chi connectivity index (χ1n) is 10.2. The summed E-state index contributed by atoms with van der Waals surface area (Å²) in [6, 6.07) is 17.2. The van der Waals surface area contributed by atoms with Gasteiger partial charge in [-0.25, -0.2) is 9.48 Å². The predicted molar refractivity (Wildman–Crippen MR) is 122 cm³/mol. The number of hydrogen-bond acceptors (Lipinski definition) is 5. The Balaban J connectivity index is 1.55. The molecule has 0 spiro atoms. The largest absolute Gasteiger partial charge is 0.497 e. The molecule has 0 aliphatic carbocycles. The van der Waals surface area contributed by atoms with Gasteiger partial charge in [-0.2, -0.15) is 5.10 Å². The SMILES string of the molecule is COc1ccc(CN(C)C(=O)COC(=O)/C=C/c2c(C)nn(-c3ccccc3)c2C)cc1. The lowest BCUT2D eigenvalue weighted by Gasteiger charge is -2.17. The molecule has 3 aromatic rings. The van der Waals surface area contributed by atoms with Gasteiger partial charge in [0.15, 0.2) is 6.61 Å². The van der Waals surface area contributed by atoms with E-state index in [0.717, 1.165) is 34.0 Å². The van der Waals surface area contributed by atoms with Crippen molar-refractivity contribution < 1.29 is 19.1 Å². The summed E-state index contributed by atoms with van der Waals surface area (Å²) in [4.78, 5) is 26.0. The van der Waals surface area contributed by atoms with Crippen LogP contribution < -0.4 is 4.74 Å². The number of ether oxygens (including phenoxy) is 2. The zero-order valence-corrected chi connectivity index (χ0v) is 18.7. The number of esters is 1. The number of methoxy groups -OCH3 is 1. The Kier molecular flexibility index (Phi) is 7.44. The van der Waals surface area contributed by atoms with Crippen molar-refractivity contribution in [2.75, 3.05) is 20.8 Å². The highest BCUT2D eigenvalue weighted by Crippen LogP contribution is 2.19. The number of nitrogens with zero attached hydrogens (tertiary/aromatic N) is 3. The predicted octanol–water partition coefficient (Wildman–Crippen LogP) is 3.71. The van der Waals surface area contributed by atoms with Crippen molar-refractivity contribution in [2.24, 2.45) is 0 Å². The minimum atomic E-state index is -0.581. The first kappa shape index (κ1) is 22.8. The van der Waals surface area contributed by atoms with Crippen molar-refractivity contribution in [2.45, 2.75) is 20.4 Å². The third kappa shape index (κ3) is 5.63. The quantitative estimate of drug-likeness (QED) is 0.400. The fourth-order valence-corrected chi connectivity index (χ4v) is 3.25. The topological polar surface area (TPSA) is 73.7 Å². The summed E-state index contributed by atoms with van der Waals surface area (Å²) in [6.07, 6.45) is 2.99. The minimum Gasteiger partial charge on any atom is -0.497 e. The molecule has 7 heteroatoms. The molecule has 1 amide bonds. The Hall–Kier alpha value is -3.87. The van der Waals surface area contributed by atoms with E-state index in [1.165, 1.54) is 11.0 Å². The van der Waals surface area contributed by atoms with E-state index < -0.39 is 5.97 Å². The van der Waals surface area contributed by atoms with Crippen LogP contribution in [0.4, 0.5) is 0 Å². The molecule has 0 saturated heterocycles. The Morgan fingerprint density at radius 3 is 2.41 bits per heavy atom. The molecular formula is C25H27N3O4. The van der Waals surface area contributed by atoms with E-state index in [9.17, 15) is 9.59 Å². The number of amides is 1. The number of aromatic nitrogens is 2. The van der Waals surface area contributed by atoms with Gasteiger partial charge < -0.3 is 14.4 Å². The van der Waals surface area contributed by atoms with Crippen molar-refractivity contribution in [3.8, 4) is 11.4 Å². The van der Waals surface area contributed by atoms with Crippen LogP contribution in [-0.2, 0) is 20.9 Å². The van der Waals surface area contributed by atoms with Gasteiger partial charge in [-0.05, 0) is 49.8 Å². The van der Waals surface area contributed by atoms with Gasteiger partial charge in [0.1, 0.15) is 5.75 Å². The zero-order valence-electron chi connectivity index (χ0n) is 18.7. The average molecular weight is 434 g/mol. The maximum atomic E-state index is 12.3. The van der Waals surface area contributed by atoms with Crippen LogP contribution in [0.1, 0.15) is 22.5 Å². The lowest BCUT2D eigenvalue weighted by atomic mass is 10.2. The second kappa shape index (κ2) is 10.4. The monoisotopic (exact) mass is 433 g/mol. The molecule has 0 fully saturated rings. The van der Waals surface area contributed by atoms with Gasteiger partial charge in [0.05, 0.1) is 18.5 Å². The van der Waals surface area contributed by atoms with Crippen LogP contribution >= 0.6 is 0 Å². The summed E-state index contributed by atoms with van der Waals surface area (Å²) in [6.45, 7) is 3.91. The molecule has 0 atom stereocenters. The smallest absolute Gasteiger partial charge is 0.331 e. The zero-order chi connectivity index (χ0) is 23.1. The van der Waals surface area contributed by atoms with E-state index >= 15 is 0 Å². The number of para-hydroxylation sites is 1. The van der Waals surface area contributed by atoms with E-state index in [1.54, 1.807) is 20.2 Å². The first-order valence-corrected chi connectivity index (χ1v) is 10.2. The Bertz CT molecular complexity index is 1100. The summed E-state index contributed by atoms with van der Waals surface area (Å²) >= 11 is 0. The van der Waals surface area contributed by atoms with Crippen LogP contribution in [0, 0.1) is 13.8 Å². The van der Waals surface area contributed by atoms with Crippen LogP contribution in [-0.4, -0.2) is 47.3 Å². The van der Waals surface area contributed by atoms with Gasteiger partial charge in [-0.15, -0.1) is 0 Å². The highest BCUT2D eigenvalue weighted by Gasteiger charge is 2.13. The van der Waals surface area contributed by atoms with Crippen LogP contribution in [0.5, 0.6) is 5.75 Å². The molecule has 0 N–H and O–H groups in total. The number of rotatable bonds is 8. The van der Waals surface area contributed by atoms with E-state index in [-0.39, 0.29) is 12.5 Å². The number of carbonyl (C=O) groups is 2. The van der Waals surface area contributed by atoms with Gasteiger partial charge in [0.2, 0.25) is 0 Å². The Morgan fingerprint density at radius 1 is 1.06 bits per heavy atom. The summed E-state index contributed by atoms with van der Waals surface area (Å²) in [5.41, 5.74) is 4.45. The lowest BCUT2D eigenvalue weighted by molar-refractivity contribution is -0.147. The molecule has 166 valence electrons. The standard InChI is InChI=1S/C25H27N3O4/c1-18-23(19(2)28(26-18)21-8-6-5-7-9-21)14-15-25(30)32-17-24(29)27(3)16-20-10-12-22(31-4)13-11-20/h5-15H,16-17H2,1-4H3/b15-14+. The van der Waals surface area contributed by atoms with Crippen LogP contribution in [0.2, 0.25) is 0 Å². The van der Waals surface area contributed by atoms with Crippen LogP contribution in [0.15, 0.2) is 60.7 Å². The molecule has 0 unspecified atom stereocenters. The molecule has 0 bridgehead atoms. The van der Waals surface area contributed by atoms with E-state index in [0.29, 0.717) is 6.54 Å². The summed E-state index contributed by atoms with van der Waals surface area (Å²) in [7, 11) is 3.27. The molecule has 32 heavy (non-hydrogen) atoms. The van der Waals surface area contributed by atoms with Gasteiger partial charge >= 0.3 is 5.97 Å². The number of carbonyl (C=O) groups excluding carboxylic acids is 2. The van der Waals surface area contributed by atoms with Crippen LogP contribution in [0.3, 0.4) is 0 Å². The van der Waals surface area contributed by atoms with Crippen molar-refractivity contribution in [1.29, 1.82) is 0 Å². The van der Waals surface area contributed by atoms with Crippen molar-refractivity contribution in [1.82, 2.24) is 14.7 Å². The normalized spacial score (nSPS) is 10.9. The molecule has 3 rings (SSSR count). The lowest BCUT2D eigenvalue weighted by Crippen LogP contribution is -2.30. The van der Waals surface area contributed by atoms with Crippen molar-refractivity contribution in [3.63, 3.8) is 0 Å². The third-order valence-corrected chi connectivity index (χ3v) is 5.08. The summed E-state index contributed by atoms with van der Waals surface area (Å²) in [5.74, 6) is -0.113. The fourth-order valence-electron chi connectivity index (χ4n) is 3.25. The van der Waals surface area contributed by atoms with Gasteiger partial charge in [-0.3, -0.25) is 4.79 Å². The molecule has 7 nitrogen and oxygen atoms in total. The van der Waals surface area contributed by atoms with Crippen molar-refractivity contribution >= 4 is 18.0 Å². The van der Waals surface area contributed by atoms with E-state index in [2.05, 4.69) is 5.10 Å². The number of benzene rings is 2. The van der Waals surface area contributed by atoms with E-state index in [1.807, 2.05) is 73.1 Å². The maximum absolute atomic E-state index is 12.3. The number of hydrogen-bond donors (Lipinski definition) is 0. The summed E-state index contributed by atoms with van der Waals surface area (Å²) in [5, 5.41) is 4.55. The fraction of sp³-hybridized carbons (Fsp3) is 0.240. The third-order valence-electron chi connectivity index (χ3n) is 5.08. The molecule has 1 aromatic heterocycles. The molecule has 2 aromatic carbocycles. The molecule has 0 saturated carbocycles. The van der Waals surface area contributed by atoms with Gasteiger partial charge in [0.25, 0.3) is 5.91 Å². The Labute approximate surface area is 187 Å². The molecule has 0 aliphatic heterocycles. The van der Waals surface area contributed by atoms with Gasteiger partial charge in [-0.1, -0.05) is 30.3 Å². The average Bonchev–Trinajstić information content (AvgIpc) is 3.10. The first-order chi connectivity index (χ1) is 15.4. The molecule has 1 heterocycles. The second-order valence-electron chi connectivity index (χ2n) is 7.37. The second-order valence-corrected chi connectivity index (χ2v) is 7.37. The Morgan fingerprint density at radius 2 is 1.75 bits per heavy atom.